The molecule has 0 fully saturated rings. The lowest BCUT2D eigenvalue weighted by atomic mass is 10.0. The quantitative estimate of drug-likeness (QED) is 0.484. The second-order valence-corrected chi connectivity index (χ2v) is 5.08. The maximum Gasteiger partial charge on any atom is 0.153 e. The summed E-state index contributed by atoms with van der Waals surface area (Å²) in [6.45, 7) is 9.92. The number of hydrogen-bond donors (Lipinski definition) is 2. The molecule has 0 aliphatic carbocycles. The van der Waals surface area contributed by atoms with Gasteiger partial charge in [-0.2, -0.15) is 5.11 Å². The van der Waals surface area contributed by atoms with Crippen molar-refractivity contribution in [2.45, 2.75) is 34.6 Å². The Labute approximate surface area is 156 Å². The van der Waals surface area contributed by atoms with Crippen LogP contribution in [0, 0.1) is 6.92 Å². The standard InChI is InChI=1S/C18H17N3O.2C2H6/c1-12-11-13-7-6-10-15(19-2)16(13)18(22)17(12)21-20-14-8-4-3-5-9-14;2*1-2/h3-11,19,22H,1-2H3;2*1-2H3. The smallest absolute Gasteiger partial charge is 0.153 e. The number of anilines is 1. The summed E-state index contributed by atoms with van der Waals surface area (Å²) in [6, 6.07) is 17.3. The highest BCUT2D eigenvalue weighted by Gasteiger charge is 2.12. The Balaban J connectivity index is 0.000000791. The van der Waals surface area contributed by atoms with Crippen LogP contribution in [0.1, 0.15) is 33.3 Å². The molecule has 3 aromatic carbocycles. The lowest BCUT2D eigenvalue weighted by Gasteiger charge is -2.11. The molecule has 3 rings (SSSR count). The van der Waals surface area contributed by atoms with Crippen molar-refractivity contribution in [3.05, 3.63) is 60.2 Å². The van der Waals surface area contributed by atoms with E-state index in [1.54, 1.807) is 0 Å². The first-order valence-electron chi connectivity index (χ1n) is 9.10. The fourth-order valence-corrected chi connectivity index (χ4v) is 2.50. The van der Waals surface area contributed by atoms with Crippen molar-refractivity contribution >= 4 is 27.8 Å². The molecule has 3 aromatic rings. The molecule has 0 unspecified atom stereocenters. The maximum atomic E-state index is 10.6. The van der Waals surface area contributed by atoms with Gasteiger partial charge in [-0.25, -0.2) is 0 Å². The molecule has 0 spiro atoms. The Bertz CT molecular complexity index is 843. The van der Waals surface area contributed by atoms with Crippen molar-refractivity contribution in [2.24, 2.45) is 10.2 Å². The Morgan fingerprint density at radius 2 is 1.50 bits per heavy atom. The third kappa shape index (κ3) is 4.82. The third-order valence-electron chi connectivity index (χ3n) is 3.59. The van der Waals surface area contributed by atoms with Gasteiger partial charge in [0.05, 0.1) is 5.69 Å². The van der Waals surface area contributed by atoms with Crippen molar-refractivity contribution in [2.75, 3.05) is 12.4 Å². The van der Waals surface area contributed by atoms with Crippen LogP contribution in [-0.2, 0) is 0 Å². The number of nitrogens with zero attached hydrogens (tertiary/aromatic N) is 2. The summed E-state index contributed by atoms with van der Waals surface area (Å²) in [5.74, 6) is 0.152. The lowest BCUT2D eigenvalue weighted by Crippen LogP contribution is -1.90. The second-order valence-electron chi connectivity index (χ2n) is 5.08. The van der Waals surface area contributed by atoms with Crippen LogP contribution in [0.2, 0.25) is 0 Å². The number of phenols is 1. The van der Waals surface area contributed by atoms with Crippen LogP contribution >= 0.6 is 0 Å². The van der Waals surface area contributed by atoms with Gasteiger partial charge in [0, 0.05) is 18.1 Å². The van der Waals surface area contributed by atoms with Crippen LogP contribution in [0.25, 0.3) is 10.8 Å². The van der Waals surface area contributed by atoms with Crippen molar-refractivity contribution in [3.63, 3.8) is 0 Å². The fourth-order valence-electron chi connectivity index (χ4n) is 2.50. The predicted octanol–water partition coefficient (Wildman–Crippen LogP) is 7.36. The van der Waals surface area contributed by atoms with Gasteiger partial charge in [0.1, 0.15) is 5.69 Å². The number of benzene rings is 3. The number of hydrogen-bond acceptors (Lipinski definition) is 4. The molecule has 0 amide bonds. The molecule has 0 aliphatic heterocycles. The molecule has 138 valence electrons. The van der Waals surface area contributed by atoms with Crippen LogP contribution in [0.3, 0.4) is 0 Å². The van der Waals surface area contributed by atoms with E-state index in [9.17, 15) is 5.11 Å². The zero-order valence-corrected chi connectivity index (χ0v) is 16.5. The topological polar surface area (TPSA) is 57.0 Å². The van der Waals surface area contributed by atoms with Crippen LogP contribution < -0.4 is 5.32 Å². The number of phenolic OH excluding ortho intramolecular Hbond substituents is 1. The summed E-state index contributed by atoms with van der Waals surface area (Å²) in [6.07, 6.45) is 0. The van der Waals surface area contributed by atoms with E-state index in [2.05, 4.69) is 15.5 Å². The highest BCUT2D eigenvalue weighted by molar-refractivity contribution is 6.02. The van der Waals surface area contributed by atoms with Crippen LogP contribution in [-0.4, -0.2) is 12.2 Å². The van der Waals surface area contributed by atoms with E-state index in [0.29, 0.717) is 5.69 Å². The van der Waals surface area contributed by atoms with Gasteiger partial charge in [-0.1, -0.05) is 58.0 Å². The average molecular weight is 351 g/mol. The number of nitrogens with one attached hydrogen (secondary N) is 1. The van der Waals surface area contributed by atoms with Gasteiger partial charge in [-0.05, 0) is 42.1 Å². The van der Waals surface area contributed by atoms with Crippen LogP contribution in [0.5, 0.6) is 5.75 Å². The Kier molecular flexibility index (Phi) is 8.85. The largest absolute Gasteiger partial charge is 0.505 e. The van der Waals surface area contributed by atoms with Gasteiger partial charge in [0.2, 0.25) is 0 Å². The monoisotopic (exact) mass is 351 g/mol. The molecule has 0 saturated heterocycles. The molecule has 4 nitrogen and oxygen atoms in total. The summed E-state index contributed by atoms with van der Waals surface area (Å²) >= 11 is 0. The number of rotatable bonds is 3. The Hall–Kier alpha value is -2.88. The molecule has 0 heterocycles. The molecule has 0 aliphatic rings. The molecule has 4 heteroatoms. The van der Waals surface area contributed by atoms with E-state index < -0.39 is 0 Å². The van der Waals surface area contributed by atoms with Crippen molar-refractivity contribution in [3.8, 4) is 5.75 Å². The average Bonchev–Trinajstić information content (AvgIpc) is 2.71. The van der Waals surface area contributed by atoms with Gasteiger partial charge in [0.15, 0.2) is 5.75 Å². The molecular formula is C22H29N3O. The van der Waals surface area contributed by atoms with Gasteiger partial charge in [-0.3, -0.25) is 0 Å². The maximum absolute atomic E-state index is 10.6. The minimum absolute atomic E-state index is 0.152. The fraction of sp³-hybridized carbons (Fsp3) is 0.273. The third-order valence-corrected chi connectivity index (χ3v) is 3.59. The molecule has 26 heavy (non-hydrogen) atoms. The van der Waals surface area contributed by atoms with Gasteiger partial charge >= 0.3 is 0 Å². The Morgan fingerprint density at radius 3 is 2.12 bits per heavy atom. The van der Waals surface area contributed by atoms with Crippen molar-refractivity contribution in [1.82, 2.24) is 0 Å². The summed E-state index contributed by atoms with van der Waals surface area (Å²) in [7, 11) is 1.83. The number of fused-ring (bicyclic) bond motifs is 1. The van der Waals surface area contributed by atoms with E-state index in [4.69, 9.17) is 0 Å². The zero-order valence-electron chi connectivity index (χ0n) is 16.5. The van der Waals surface area contributed by atoms with Gasteiger partial charge < -0.3 is 10.4 Å². The van der Waals surface area contributed by atoms with E-state index in [0.717, 1.165) is 27.7 Å². The molecule has 0 atom stereocenters. The molecule has 0 bridgehead atoms. The second kappa shape index (κ2) is 10.9. The highest BCUT2D eigenvalue weighted by Crippen LogP contribution is 2.41. The first-order valence-corrected chi connectivity index (χ1v) is 9.10. The zero-order chi connectivity index (χ0) is 19.5. The number of aryl methyl sites for hydroxylation is 1. The van der Waals surface area contributed by atoms with E-state index in [1.165, 1.54) is 0 Å². The SMILES string of the molecule is CC.CC.CNc1cccc2cc(C)c(N=Nc3ccccc3)c(O)c12. The number of aromatic hydroxyl groups is 1. The number of azo groups is 1. The van der Waals surface area contributed by atoms with Gasteiger partial charge in [-0.15, -0.1) is 5.11 Å². The first-order chi connectivity index (χ1) is 12.7. The van der Waals surface area contributed by atoms with E-state index in [1.807, 2.05) is 96.3 Å². The first kappa shape index (κ1) is 21.2. The minimum atomic E-state index is 0.152. The van der Waals surface area contributed by atoms with E-state index in [-0.39, 0.29) is 5.75 Å². The summed E-state index contributed by atoms with van der Waals surface area (Å²) in [4.78, 5) is 0. The summed E-state index contributed by atoms with van der Waals surface area (Å²) < 4.78 is 0. The molecule has 0 radical (unpaired) electrons. The minimum Gasteiger partial charge on any atom is -0.505 e. The van der Waals surface area contributed by atoms with Crippen LogP contribution in [0.15, 0.2) is 64.8 Å². The Morgan fingerprint density at radius 1 is 0.846 bits per heavy atom. The highest BCUT2D eigenvalue weighted by atomic mass is 16.3. The van der Waals surface area contributed by atoms with Crippen molar-refractivity contribution < 1.29 is 5.11 Å². The summed E-state index contributed by atoms with van der Waals surface area (Å²) in [5, 5.41) is 23.9. The normalized spacial score (nSPS) is 9.92. The molecule has 2 N–H and O–H groups in total. The predicted molar refractivity (Wildman–Crippen MR) is 113 cm³/mol. The van der Waals surface area contributed by atoms with Crippen molar-refractivity contribution in [1.29, 1.82) is 0 Å². The molecule has 0 saturated carbocycles. The molecular weight excluding hydrogens is 322 g/mol. The molecule has 0 aromatic heterocycles. The summed E-state index contributed by atoms with van der Waals surface area (Å²) in [5.41, 5.74) is 3.01. The lowest BCUT2D eigenvalue weighted by molar-refractivity contribution is 0.482. The van der Waals surface area contributed by atoms with E-state index >= 15 is 0 Å². The van der Waals surface area contributed by atoms with Gasteiger partial charge in [0.25, 0.3) is 0 Å². The van der Waals surface area contributed by atoms with Crippen LogP contribution in [0.4, 0.5) is 17.1 Å².